The second-order valence-corrected chi connectivity index (χ2v) is 6.03. The van der Waals surface area contributed by atoms with Gasteiger partial charge in [0.05, 0.1) is 6.20 Å². The van der Waals surface area contributed by atoms with Crippen LogP contribution in [-0.2, 0) is 0 Å². The fourth-order valence-electron chi connectivity index (χ4n) is 2.09. The van der Waals surface area contributed by atoms with E-state index in [1.54, 1.807) is 29.6 Å². The minimum Gasteiger partial charge on any atom is -0.478 e. The number of nitrogens with one attached hydrogen (secondary N) is 1. The van der Waals surface area contributed by atoms with Crippen molar-refractivity contribution in [2.45, 2.75) is 0 Å². The third-order valence-electron chi connectivity index (χ3n) is 3.18. The van der Waals surface area contributed by atoms with Crippen LogP contribution < -0.4 is 5.32 Å². The molecule has 1 aromatic carbocycles. The zero-order valence-corrected chi connectivity index (χ0v) is 13.6. The maximum atomic E-state index is 12.2. The molecule has 0 bridgehead atoms. The molecule has 0 fully saturated rings. The van der Waals surface area contributed by atoms with Crippen LogP contribution in [0.1, 0.15) is 20.8 Å². The van der Waals surface area contributed by atoms with E-state index in [4.69, 9.17) is 11.6 Å². The van der Waals surface area contributed by atoms with Gasteiger partial charge in [0, 0.05) is 28.4 Å². The largest absolute Gasteiger partial charge is 0.478 e. The van der Waals surface area contributed by atoms with Crippen molar-refractivity contribution in [3.63, 3.8) is 0 Å². The summed E-state index contributed by atoms with van der Waals surface area (Å²) in [5.41, 5.74) is 1.35. The highest BCUT2D eigenvalue weighted by molar-refractivity contribution is 7.15. The normalized spacial score (nSPS) is 10.4. The van der Waals surface area contributed by atoms with Crippen LogP contribution in [0.2, 0.25) is 5.02 Å². The van der Waals surface area contributed by atoms with Crippen molar-refractivity contribution < 1.29 is 14.7 Å². The molecule has 0 aliphatic heterocycles. The number of rotatable bonds is 4. The summed E-state index contributed by atoms with van der Waals surface area (Å²) in [6.07, 6.45) is 4.15. The molecule has 24 heavy (non-hydrogen) atoms. The Morgan fingerprint density at radius 3 is 2.54 bits per heavy atom. The topological polar surface area (TPSA) is 92.2 Å². The Hall–Kier alpha value is -2.77. The van der Waals surface area contributed by atoms with Crippen LogP contribution in [0.4, 0.5) is 5.00 Å². The fourth-order valence-corrected chi connectivity index (χ4v) is 3.17. The first-order valence-electron chi connectivity index (χ1n) is 6.74. The molecule has 0 radical (unpaired) electrons. The van der Waals surface area contributed by atoms with Gasteiger partial charge in [0.15, 0.2) is 0 Å². The lowest BCUT2D eigenvalue weighted by Crippen LogP contribution is -2.15. The lowest BCUT2D eigenvalue weighted by molar-refractivity contribution is 0.0699. The van der Waals surface area contributed by atoms with Crippen LogP contribution in [0.3, 0.4) is 0 Å². The number of aromatic carboxylic acids is 1. The minimum absolute atomic E-state index is 0.0274. The average molecular weight is 360 g/mol. The predicted molar refractivity (Wildman–Crippen MR) is 91.7 cm³/mol. The van der Waals surface area contributed by atoms with Crippen LogP contribution in [0.25, 0.3) is 11.1 Å². The Morgan fingerprint density at radius 2 is 1.92 bits per heavy atom. The summed E-state index contributed by atoms with van der Waals surface area (Å²) in [6, 6.07) is 6.81. The quantitative estimate of drug-likeness (QED) is 0.739. The van der Waals surface area contributed by atoms with Gasteiger partial charge in [-0.3, -0.25) is 9.78 Å². The molecule has 3 aromatic rings. The highest BCUT2D eigenvalue weighted by Crippen LogP contribution is 2.36. The number of carboxylic acid groups (broad SMARTS) is 1. The molecule has 0 atom stereocenters. The van der Waals surface area contributed by atoms with Crippen LogP contribution in [-0.4, -0.2) is 27.0 Å². The van der Waals surface area contributed by atoms with Crippen molar-refractivity contribution >= 4 is 39.8 Å². The Labute approximate surface area is 145 Å². The molecule has 120 valence electrons. The Kier molecular flexibility index (Phi) is 4.54. The summed E-state index contributed by atoms with van der Waals surface area (Å²) in [7, 11) is 0. The van der Waals surface area contributed by atoms with Crippen molar-refractivity contribution in [1.29, 1.82) is 0 Å². The van der Waals surface area contributed by atoms with E-state index in [1.807, 2.05) is 0 Å². The van der Waals surface area contributed by atoms with E-state index < -0.39 is 11.9 Å². The average Bonchev–Trinajstić information content (AvgIpc) is 3.00. The number of benzene rings is 1. The first kappa shape index (κ1) is 16.1. The molecule has 2 N–H and O–H groups in total. The van der Waals surface area contributed by atoms with E-state index >= 15 is 0 Å². The summed E-state index contributed by atoms with van der Waals surface area (Å²) in [5, 5.41) is 14.6. The number of aromatic nitrogens is 2. The summed E-state index contributed by atoms with van der Waals surface area (Å²) >= 11 is 6.99. The SMILES string of the molecule is O=C(Nc1scc(-c2ccc(Cl)cc2)c1C(=O)O)c1cnccn1. The molecular weight excluding hydrogens is 350 g/mol. The van der Waals surface area contributed by atoms with Crippen LogP contribution in [0.15, 0.2) is 48.2 Å². The van der Waals surface area contributed by atoms with E-state index in [1.165, 1.54) is 18.6 Å². The van der Waals surface area contributed by atoms with E-state index in [9.17, 15) is 14.7 Å². The van der Waals surface area contributed by atoms with Crippen LogP contribution >= 0.6 is 22.9 Å². The fraction of sp³-hybridized carbons (Fsp3) is 0. The smallest absolute Gasteiger partial charge is 0.339 e. The molecule has 2 aromatic heterocycles. The third kappa shape index (κ3) is 3.27. The number of thiophene rings is 1. The highest BCUT2D eigenvalue weighted by Gasteiger charge is 2.21. The molecule has 1 amide bonds. The predicted octanol–water partition coefficient (Wildman–Crippen LogP) is 3.81. The van der Waals surface area contributed by atoms with Gasteiger partial charge >= 0.3 is 5.97 Å². The molecule has 2 heterocycles. The number of carboxylic acids is 1. The lowest BCUT2D eigenvalue weighted by atomic mass is 10.0. The van der Waals surface area contributed by atoms with Crippen molar-refractivity contribution in [2.24, 2.45) is 0 Å². The van der Waals surface area contributed by atoms with Gasteiger partial charge in [0.2, 0.25) is 0 Å². The molecule has 8 heteroatoms. The molecule has 3 rings (SSSR count). The Balaban J connectivity index is 1.96. The van der Waals surface area contributed by atoms with E-state index in [2.05, 4.69) is 15.3 Å². The van der Waals surface area contributed by atoms with Gasteiger partial charge < -0.3 is 10.4 Å². The van der Waals surface area contributed by atoms with Crippen LogP contribution in [0.5, 0.6) is 0 Å². The first-order chi connectivity index (χ1) is 11.6. The van der Waals surface area contributed by atoms with Crippen molar-refractivity contribution in [3.05, 3.63) is 64.5 Å². The van der Waals surface area contributed by atoms with Gasteiger partial charge in [-0.05, 0) is 17.7 Å². The number of hydrogen-bond acceptors (Lipinski definition) is 5. The maximum absolute atomic E-state index is 12.2. The number of nitrogens with zero attached hydrogens (tertiary/aromatic N) is 2. The number of amides is 1. The molecule has 6 nitrogen and oxygen atoms in total. The van der Waals surface area contributed by atoms with Crippen molar-refractivity contribution in [3.8, 4) is 11.1 Å². The number of carbonyl (C=O) groups is 2. The summed E-state index contributed by atoms with van der Waals surface area (Å²) in [4.78, 5) is 31.5. The summed E-state index contributed by atoms with van der Waals surface area (Å²) in [5.74, 6) is -1.65. The molecule has 0 aliphatic carbocycles. The molecule has 0 saturated heterocycles. The zero-order valence-electron chi connectivity index (χ0n) is 12.1. The van der Waals surface area contributed by atoms with Gasteiger partial charge in [0.25, 0.3) is 5.91 Å². The molecular formula is C16H10ClN3O3S. The Morgan fingerprint density at radius 1 is 1.17 bits per heavy atom. The summed E-state index contributed by atoms with van der Waals surface area (Å²) < 4.78 is 0. The highest BCUT2D eigenvalue weighted by atomic mass is 35.5. The first-order valence-corrected chi connectivity index (χ1v) is 8.00. The zero-order chi connectivity index (χ0) is 17.1. The maximum Gasteiger partial charge on any atom is 0.339 e. The van der Waals surface area contributed by atoms with Gasteiger partial charge in [-0.1, -0.05) is 23.7 Å². The van der Waals surface area contributed by atoms with E-state index in [0.29, 0.717) is 16.1 Å². The summed E-state index contributed by atoms with van der Waals surface area (Å²) in [6.45, 7) is 0. The number of carbonyl (C=O) groups excluding carboxylic acids is 1. The van der Waals surface area contributed by atoms with Gasteiger partial charge in [-0.25, -0.2) is 9.78 Å². The van der Waals surface area contributed by atoms with Crippen molar-refractivity contribution in [1.82, 2.24) is 9.97 Å². The number of anilines is 1. The lowest BCUT2D eigenvalue weighted by Gasteiger charge is -2.05. The van der Waals surface area contributed by atoms with Gasteiger partial charge in [-0.2, -0.15) is 0 Å². The van der Waals surface area contributed by atoms with E-state index in [0.717, 1.165) is 11.3 Å². The molecule has 0 saturated carbocycles. The van der Waals surface area contributed by atoms with Crippen LogP contribution in [0, 0.1) is 0 Å². The molecule has 0 aliphatic rings. The molecule has 0 unspecified atom stereocenters. The second kappa shape index (κ2) is 6.77. The van der Waals surface area contributed by atoms with E-state index in [-0.39, 0.29) is 16.3 Å². The number of hydrogen-bond donors (Lipinski definition) is 2. The molecule has 0 spiro atoms. The Bertz CT molecular complexity index is 895. The van der Waals surface area contributed by atoms with Gasteiger partial charge in [0.1, 0.15) is 16.3 Å². The second-order valence-electron chi connectivity index (χ2n) is 4.71. The standard InChI is InChI=1S/C16H10ClN3O3S/c17-10-3-1-9(2-4-10)11-8-24-15(13(11)16(22)23)20-14(21)12-7-18-5-6-19-12/h1-8H,(H,20,21)(H,22,23). The van der Waals surface area contributed by atoms with Crippen molar-refractivity contribution in [2.75, 3.05) is 5.32 Å². The monoisotopic (exact) mass is 359 g/mol. The number of halogens is 1. The third-order valence-corrected chi connectivity index (χ3v) is 4.33. The van der Waals surface area contributed by atoms with Gasteiger partial charge in [-0.15, -0.1) is 11.3 Å². The minimum atomic E-state index is -1.13.